The molecule has 0 aromatic carbocycles. The van der Waals surface area contributed by atoms with Crippen LogP contribution in [0, 0.1) is 5.92 Å². The van der Waals surface area contributed by atoms with Crippen molar-refractivity contribution < 1.29 is 4.79 Å². The van der Waals surface area contributed by atoms with E-state index in [1.807, 2.05) is 0 Å². The highest BCUT2D eigenvalue weighted by Crippen LogP contribution is 2.04. The molecule has 3 nitrogen and oxygen atoms in total. The van der Waals surface area contributed by atoms with Gasteiger partial charge in [0.25, 0.3) is 0 Å². The van der Waals surface area contributed by atoms with Crippen LogP contribution in [0.4, 0.5) is 0 Å². The Morgan fingerprint density at radius 3 is 2.64 bits per heavy atom. The van der Waals surface area contributed by atoms with Gasteiger partial charge in [0.1, 0.15) is 6.04 Å². The Balaban J connectivity index is 2.49. The molecular formula is C8H14N2O. The lowest BCUT2D eigenvalue weighted by Gasteiger charge is -2.09. The predicted octanol–water partition coefficient (Wildman–Crippen LogP) is 0.602. The number of Topliss-reactive ketones (excluding diaryl/α,β-unsaturated/α-hetero) is 1. The second-order valence-corrected chi connectivity index (χ2v) is 3.19. The molecule has 1 aliphatic heterocycles. The molecule has 0 amide bonds. The Kier molecular flexibility index (Phi) is 2.27. The highest BCUT2D eigenvalue weighted by atomic mass is 16.1. The number of hydrogen-bond acceptors (Lipinski definition) is 3. The van der Waals surface area contributed by atoms with Gasteiger partial charge in [0.2, 0.25) is 0 Å². The fourth-order valence-corrected chi connectivity index (χ4v) is 1.04. The van der Waals surface area contributed by atoms with Gasteiger partial charge in [-0.15, -0.1) is 0 Å². The van der Waals surface area contributed by atoms with E-state index in [-0.39, 0.29) is 11.8 Å². The molecule has 1 unspecified atom stereocenters. The topological polar surface area (TPSA) is 41.5 Å². The van der Waals surface area contributed by atoms with Crippen molar-refractivity contribution in [2.75, 3.05) is 6.54 Å². The largest absolute Gasteiger partial charge is 0.362 e. The summed E-state index contributed by atoms with van der Waals surface area (Å²) in [6.45, 7) is 6.34. The van der Waals surface area contributed by atoms with Gasteiger partial charge < -0.3 is 5.32 Å². The molecule has 0 aromatic rings. The van der Waals surface area contributed by atoms with Crippen molar-refractivity contribution in [2.45, 2.75) is 26.8 Å². The first-order chi connectivity index (χ1) is 5.11. The van der Waals surface area contributed by atoms with E-state index in [0.29, 0.717) is 12.5 Å². The number of ketones is 1. The van der Waals surface area contributed by atoms with Crippen LogP contribution in [0.5, 0.6) is 0 Å². The van der Waals surface area contributed by atoms with Gasteiger partial charge in [-0.2, -0.15) is 0 Å². The van der Waals surface area contributed by atoms with Crippen LogP contribution >= 0.6 is 0 Å². The van der Waals surface area contributed by atoms with Gasteiger partial charge in [-0.05, 0) is 6.92 Å². The molecule has 0 saturated carbocycles. The van der Waals surface area contributed by atoms with Gasteiger partial charge in [-0.1, -0.05) is 13.8 Å². The number of nitrogens with one attached hydrogen (secondary N) is 1. The molecule has 1 N–H and O–H groups in total. The summed E-state index contributed by atoms with van der Waals surface area (Å²) in [5.74, 6) is 1.54. The molecule has 0 bridgehead atoms. The lowest BCUT2D eigenvalue weighted by molar-refractivity contribution is -0.118. The third kappa shape index (κ3) is 1.79. The average molecular weight is 154 g/mol. The minimum atomic E-state index is -0.0626. The van der Waals surface area contributed by atoms with Crippen molar-refractivity contribution in [3.05, 3.63) is 0 Å². The monoisotopic (exact) mass is 154 g/mol. The first-order valence-corrected chi connectivity index (χ1v) is 3.92. The zero-order valence-corrected chi connectivity index (χ0v) is 7.22. The van der Waals surface area contributed by atoms with E-state index in [9.17, 15) is 4.79 Å². The van der Waals surface area contributed by atoms with Crippen molar-refractivity contribution in [3.63, 3.8) is 0 Å². The Morgan fingerprint density at radius 1 is 1.73 bits per heavy atom. The number of nitrogens with zero attached hydrogens (tertiary/aromatic N) is 1. The summed E-state index contributed by atoms with van der Waals surface area (Å²) in [6.07, 6.45) is 0. The summed E-state index contributed by atoms with van der Waals surface area (Å²) >= 11 is 0. The fraction of sp³-hybridized carbons (Fsp3) is 0.750. The van der Waals surface area contributed by atoms with Crippen LogP contribution in [0.15, 0.2) is 4.99 Å². The van der Waals surface area contributed by atoms with Crippen molar-refractivity contribution in [2.24, 2.45) is 10.9 Å². The first kappa shape index (κ1) is 8.24. The number of aliphatic imine (C=N–C) groups is 1. The van der Waals surface area contributed by atoms with Crippen LogP contribution < -0.4 is 5.32 Å². The molecule has 3 heteroatoms. The molecule has 0 saturated heterocycles. The maximum atomic E-state index is 10.9. The summed E-state index contributed by atoms with van der Waals surface area (Å²) in [4.78, 5) is 15.1. The molecule has 0 aromatic heterocycles. The van der Waals surface area contributed by atoms with E-state index >= 15 is 0 Å². The van der Waals surface area contributed by atoms with Crippen molar-refractivity contribution in [1.82, 2.24) is 5.32 Å². The highest BCUT2D eigenvalue weighted by molar-refractivity contribution is 5.93. The zero-order valence-electron chi connectivity index (χ0n) is 7.22. The van der Waals surface area contributed by atoms with Gasteiger partial charge >= 0.3 is 0 Å². The minimum absolute atomic E-state index is 0.0626. The van der Waals surface area contributed by atoms with Crippen molar-refractivity contribution in [1.29, 1.82) is 0 Å². The van der Waals surface area contributed by atoms with Gasteiger partial charge in [0, 0.05) is 5.92 Å². The lowest BCUT2D eigenvalue weighted by Crippen LogP contribution is -2.37. The Bertz CT molecular complexity index is 196. The molecule has 62 valence electrons. The molecule has 1 atom stereocenters. The smallest absolute Gasteiger partial charge is 0.153 e. The second-order valence-electron chi connectivity index (χ2n) is 3.19. The first-order valence-electron chi connectivity index (χ1n) is 3.92. The summed E-state index contributed by atoms with van der Waals surface area (Å²) < 4.78 is 0. The summed E-state index contributed by atoms with van der Waals surface area (Å²) in [6, 6.07) is -0.0626. The summed E-state index contributed by atoms with van der Waals surface area (Å²) in [5.41, 5.74) is 0. The normalized spacial score (nSPS) is 23.3. The Morgan fingerprint density at radius 2 is 2.36 bits per heavy atom. The third-order valence-electron chi connectivity index (χ3n) is 1.80. The SMILES string of the molecule is CC(=O)C1CN=C(C(C)C)N1. The number of rotatable bonds is 2. The van der Waals surface area contributed by atoms with Crippen LogP contribution in [0.2, 0.25) is 0 Å². The van der Waals surface area contributed by atoms with Crippen LogP contribution in [0.3, 0.4) is 0 Å². The maximum absolute atomic E-state index is 10.9. The highest BCUT2D eigenvalue weighted by Gasteiger charge is 2.22. The molecule has 1 aliphatic rings. The lowest BCUT2D eigenvalue weighted by atomic mass is 10.2. The van der Waals surface area contributed by atoms with E-state index in [1.54, 1.807) is 6.92 Å². The quantitative estimate of drug-likeness (QED) is 0.633. The Hall–Kier alpha value is -0.860. The molecule has 0 radical (unpaired) electrons. The van der Waals surface area contributed by atoms with Gasteiger partial charge in [0.05, 0.1) is 12.4 Å². The minimum Gasteiger partial charge on any atom is -0.362 e. The molecule has 0 fully saturated rings. The standard InChI is InChI=1S/C8H14N2O/c1-5(2)8-9-4-7(10-8)6(3)11/h5,7H,4H2,1-3H3,(H,9,10). The van der Waals surface area contributed by atoms with Crippen LogP contribution in [0.25, 0.3) is 0 Å². The molecular weight excluding hydrogens is 140 g/mol. The van der Waals surface area contributed by atoms with Crippen molar-refractivity contribution in [3.8, 4) is 0 Å². The van der Waals surface area contributed by atoms with E-state index in [2.05, 4.69) is 24.2 Å². The average Bonchev–Trinajstić information content (AvgIpc) is 2.33. The molecule has 1 rings (SSSR count). The number of carbonyl (C=O) groups is 1. The van der Waals surface area contributed by atoms with E-state index in [1.165, 1.54) is 0 Å². The van der Waals surface area contributed by atoms with E-state index in [4.69, 9.17) is 0 Å². The predicted molar refractivity (Wildman–Crippen MR) is 44.7 cm³/mol. The number of hydrogen-bond donors (Lipinski definition) is 1. The summed E-state index contributed by atoms with van der Waals surface area (Å²) in [7, 11) is 0. The second kappa shape index (κ2) is 3.03. The van der Waals surface area contributed by atoms with Gasteiger partial charge in [0.15, 0.2) is 5.78 Å². The van der Waals surface area contributed by atoms with Crippen molar-refractivity contribution >= 4 is 11.6 Å². The van der Waals surface area contributed by atoms with Crippen LogP contribution in [-0.4, -0.2) is 24.2 Å². The third-order valence-corrected chi connectivity index (χ3v) is 1.80. The molecule has 0 aliphatic carbocycles. The van der Waals surface area contributed by atoms with Crippen LogP contribution in [0.1, 0.15) is 20.8 Å². The number of amidine groups is 1. The van der Waals surface area contributed by atoms with Gasteiger partial charge in [-0.3, -0.25) is 9.79 Å². The summed E-state index contributed by atoms with van der Waals surface area (Å²) in [5, 5.41) is 3.09. The molecule has 11 heavy (non-hydrogen) atoms. The maximum Gasteiger partial charge on any atom is 0.153 e. The number of carbonyl (C=O) groups excluding carboxylic acids is 1. The fourth-order valence-electron chi connectivity index (χ4n) is 1.04. The zero-order chi connectivity index (χ0) is 8.43. The van der Waals surface area contributed by atoms with Crippen LogP contribution in [-0.2, 0) is 4.79 Å². The molecule has 1 heterocycles. The van der Waals surface area contributed by atoms with E-state index < -0.39 is 0 Å². The molecule has 0 spiro atoms. The Labute approximate surface area is 66.9 Å². The van der Waals surface area contributed by atoms with Gasteiger partial charge in [-0.25, -0.2) is 0 Å². The van der Waals surface area contributed by atoms with E-state index in [0.717, 1.165) is 5.84 Å².